The summed E-state index contributed by atoms with van der Waals surface area (Å²) in [7, 11) is 1.66. The topological polar surface area (TPSA) is 57.1 Å². The van der Waals surface area contributed by atoms with Crippen LogP contribution in [0.2, 0.25) is 0 Å². The quantitative estimate of drug-likeness (QED) is 0.456. The average Bonchev–Trinajstić information content (AvgIpc) is 2.90. The van der Waals surface area contributed by atoms with Gasteiger partial charge in [-0.2, -0.15) is 0 Å². The molecule has 1 aliphatic rings. The largest absolute Gasteiger partial charge is 0.497 e. The molecule has 1 atom stereocenters. The van der Waals surface area contributed by atoms with Crippen molar-refractivity contribution in [2.75, 3.05) is 26.7 Å². The molecule has 21 heavy (non-hydrogen) atoms. The van der Waals surface area contributed by atoms with Gasteiger partial charge in [0, 0.05) is 19.6 Å². The molecule has 1 aromatic carbocycles. The SMILES string of the molecule is CCNC(=NCc1cccc(OC)c1)N1CC[C@@H](O)C1.I. The van der Waals surface area contributed by atoms with Crippen LogP contribution in [0.4, 0.5) is 0 Å². The molecule has 0 amide bonds. The third kappa shape index (κ3) is 5.35. The van der Waals surface area contributed by atoms with Crippen LogP contribution < -0.4 is 10.1 Å². The monoisotopic (exact) mass is 405 g/mol. The van der Waals surface area contributed by atoms with E-state index in [0.29, 0.717) is 13.1 Å². The van der Waals surface area contributed by atoms with Gasteiger partial charge in [-0.25, -0.2) is 4.99 Å². The molecular formula is C15H24IN3O2. The highest BCUT2D eigenvalue weighted by Gasteiger charge is 2.22. The van der Waals surface area contributed by atoms with Gasteiger partial charge < -0.3 is 20.1 Å². The number of β-amino-alcohol motifs (C(OH)–C–C–N with tert-alkyl or cyclic N) is 1. The number of aliphatic imine (C=N–C) groups is 1. The number of hydrogen-bond acceptors (Lipinski definition) is 3. The summed E-state index contributed by atoms with van der Waals surface area (Å²) in [6, 6.07) is 7.92. The van der Waals surface area contributed by atoms with Crippen LogP contribution in [0.3, 0.4) is 0 Å². The van der Waals surface area contributed by atoms with Crippen molar-refractivity contribution in [2.24, 2.45) is 4.99 Å². The second-order valence-corrected chi connectivity index (χ2v) is 4.91. The molecule has 0 saturated carbocycles. The second-order valence-electron chi connectivity index (χ2n) is 4.91. The van der Waals surface area contributed by atoms with Crippen molar-refractivity contribution >= 4 is 29.9 Å². The molecule has 118 valence electrons. The van der Waals surface area contributed by atoms with Gasteiger partial charge >= 0.3 is 0 Å². The lowest BCUT2D eigenvalue weighted by atomic mass is 10.2. The molecule has 0 bridgehead atoms. The maximum absolute atomic E-state index is 9.63. The summed E-state index contributed by atoms with van der Waals surface area (Å²) in [5, 5.41) is 12.9. The normalized spacial score (nSPS) is 18.3. The van der Waals surface area contributed by atoms with E-state index in [-0.39, 0.29) is 30.1 Å². The van der Waals surface area contributed by atoms with Crippen molar-refractivity contribution in [3.05, 3.63) is 29.8 Å². The van der Waals surface area contributed by atoms with Crippen molar-refractivity contribution in [2.45, 2.75) is 26.0 Å². The van der Waals surface area contributed by atoms with Gasteiger partial charge in [-0.3, -0.25) is 0 Å². The summed E-state index contributed by atoms with van der Waals surface area (Å²) in [5.74, 6) is 1.71. The number of rotatable bonds is 4. The lowest BCUT2D eigenvalue weighted by Crippen LogP contribution is -2.40. The zero-order valence-electron chi connectivity index (χ0n) is 12.6. The van der Waals surface area contributed by atoms with Crippen molar-refractivity contribution < 1.29 is 9.84 Å². The smallest absolute Gasteiger partial charge is 0.194 e. The molecule has 1 aliphatic heterocycles. The number of guanidine groups is 1. The summed E-state index contributed by atoms with van der Waals surface area (Å²) in [4.78, 5) is 6.75. The van der Waals surface area contributed by atoms with E-state index in [9.17, 15) is 5.11 Å². The van der Waals surface area contributed by atoms with E-state index in [4.69, 9.17) is 4.74 Å². The maximum Gasteiger partial charge on any atom is 0.194 e. The molecule has 2 rings (SSSR count). The molecule has 0 radical (unpaired) electrons. The maximum atomic E-state index is 9.63. The number of benzene rings is 1. The number of aliphatic hydroxyl groups is 1. The second kappa shape index (κ2) is 9.09. The fourth-order valence-electron chi connectivity index (χ4n) is 2.30. The van der Waals surface area contributed by atoms with Crippen LogP contribution in [0.15, 0.2) is 29.3 Å². The van der Waals surface area contributed by atoms with Gasteiger partial charge in [-0.05, 0) is 31.0 Å². The Labute approximate surface area is 143 Å². The number of nitrogens with zero attached hydrogens (tertiary/aromatic N) is 2. The molecule has 1 aromatic rings. The van der Waals surface area contributed by atoms with E-state index in [1.54, 1.807) is 7.11 Å². The zero-order valence-corrected chi connectivity index (χ0v) is 14.9. The fourth-order valence-corrected chi connectivity index (χ4v) is 2.30. The standard InChI is InChI=1S/C15H23N3O2.HI/c1-3-16-15(18-8-7-13(19)11-18)17-10-12-5-4-6-14(9-12)20-2;/h4-6,9,13,19H,3,7-8,10-11H2,1-2H3,(H,16,17);1H/t13-;/m1./s1. The third-order valence-electron chi connectivity index (χ3n) is 3.34. The lowest BCUT2D eigenvalue weighted by molar-refractivity contribution is 0.188. The van der Waals surface area contributed by atoms with Gasteiger partial charge in [0.05, 0.1) is 19.8 Å². The molecule has 1 fully saturated rings. The van der Waals surface area contributed by atoms with E-state index < -0.39 is 0 Å². The highest BCUT2D eigenvalue weighted by atomic mass is 127. The highest BCUT2D eigenvalue weighted by molar-refractivity contribution is 14.0. The van der Waals surface area contributed by atoms with Crippen LogP contribution >= 0.6 is 24.0 Å². The van der Waals surface area contributed by atoms with Gasteiger partial charge in [0.2, 0.25) is 0 Å². The Kier molecular flexibility index (Phi) is 7.81. The highest BCUT2D eigenvalue weighted by Crippen LogP contribution is 2.14. The van der Waals surface area contributed by atoms with Crippen LogP contribution in [0.25, 0.3) is 0 Å². The Morgan fingerprint density at radius 1 is 1.52 bits per heavy atom. The van der Waals surface area contributed by atoms with Crippen molar-refractivity contribution in [3.8, 4) is 5.75 Å². The Balaban J connectivity index is 0.00000220. The van der Waals surface area contributed by atoms with E-state index in [2.05, 4.69) is 15.2 Å². The van der Waals surface area contributed by atoms with Crippen LogP contribution in [-0.4, -0.2) is 48.8 Å². The first-order chi connectivity index (χ1) is 9.72. The minimum Gasteiger partial charge on any atom is -0.497 e. The van der Waals surface area contributed by atoms with Crippen LogP contribution in [0.5, 0.6) is 5.75 Å². The first-order valence-corrected chi connectivity index (χ1v) is 7.07. The molecule has 2 N–H and O–H groups in total. The minimum absolute atomic E-state index is 0. The van der Waals surface area contributed by atoms with Gasteiger partial charge in [-0.15, -0.1) is 24.0 Å². The summed E-state index contributed by atoms with van der Waals surface area (Å²) < 4.78 is 5.22. The van der Waals surface area contributed by atoms with Crippen molar-refractivity contribution in [1.82, 2.24) is 10.2 Å². The van der Waals surface area contributed by atoms with Gasteiger partial charge in [0.1, 0.15) is 5.75 Å². The Hall–Kier alpha value is -1.02. The fraction of sp³-hybridized carbons (Fsp3) is 0.533. The third-order valence-corrected chi connectivity index (χ3v) is 3.34. The average molecular weight is 405 g/mol. The lowest BCUT2D eigenvalue weighted by Gasteiger charge is -2.20. The first kappa shape index (κ1) is 18.0. The molecule has 0 aromatic heterocycles. The van der Waals surface area contributed by atoms with Gasteiger partial charge in [-0.1, -0.05) is 12.1 Å². The predicted octanol–water partition coefficient (Wildman–Crippen LogP) is 1.85. The number of likely N-dealkylation sites (tertiary alicyclic amines) is 1. The number of aliphatic hydroxyl groups excluding tert-OH is 1. The Morgan fingerprint density at radius 3 is 2.95 bits per heavy atom. The van der Waals surface area contributed by atoms with E-state index >= 15 is 0 Å². The number of methoxy groups -OCH3 is 1. The van der Waals surface area contributed by atoms with Crippen LogP contribution in [-0.2, 0) is 6.54 Å². The van der Waals surface area contributed by atoms with E-state index in [1.165, 1.54) is 0 Å². The Bertz CT molecular complexity index is 468. The summed E-state index contributed by atoms with van der Waals surface area (Å²) in [6.45, 7) is 4.98. The van der Waals surface area contributed by atoms with Crippen LogP contribution in [0, 0.1) is 0 Å². The molecular weight excluding hydrogens is 381 g/mol. The molecule has 1 heterocycles. The molecule has 0 aliphatic carbocycles. The summed E-state index contributed by atoms with van der Waals surface area (Å²) >= 11 is 0. The van der Waals surface area contributed by atoms with E-state index in [0.717, 1.165) is 36.8 Å². The molecule has 0 spiro atoms. The van der Waals surface area contributed by atoms with E-state index in [1.807, 2.05) is 31.2 Å². The van der Waals surface area contributed by atoms with Crippen molar-refractivity contribution in [3.63, 3.8) is 0 Å². The Morgan fingerprint density at radius 2 is 2.33 bits per heavy atom. The molecule has 6 heteroatoms. The van der Waals surface area contributed by atoms with Crippen LogP contribution in [0.1, 0.15) is 18.9 Å². The predicted molar refractivity (Wildman–Crippen MR) is 95.4 cm³/mol. The number of nitrogens with one attached hydrogen (secondary N) is 1. The number of halogens is 1. The van der Waals surface area contributed by atoms with Gasteiger partial charge in [0.15, 0.2) is 5.96 Å². The number of hydrogen-bond donors (Lipinski definition) is 2. The zero-order chi connectivity index (χ0) is 14.4. The number of ether oxygens (including phenoxy) is 1. The van der Waals surface area contributed by atoms with Gasteiger partial charge in [0.25, 0.3) is 0 Å². The first-order valence-electron chi connectivity index (χ1n) is 7.07. The molecule has 1 saturated heterocycles. The minimum atomic E-state index is -0.240. The van der Waals surface area contributed by atoms with Crippen molar-refractivity contribution in [1.29, 1.82) is 0 Å². The summed E-state index contributed by atoms with van der Waals surface area (Å²) in [5.41, 5.74) is 1.11. The molecule has 0 unspecified atom stereocenters. The summed E-state index contributed by atoms with van der Waals surface area (Å²) in [6.07, 6.45) is 0.569. The molecule has 5 nitrogen and oxygen atoms in total.